The lowest BCUT2D eigenvalue weighted by Gasteiger charge is -2.14. The van der Waals surface area contributed by atoms with Crippen molar-refractivity contribution in [2.75, 3.05) is 25.5 Å². The normalized spacial score (nSPS) is 16.8. The van der Waals surface area contributed by atoms with Gasteiger partial charge in [-0.2, -0.15) is 0 Å². The predicted molar refractivity (Wildman–Crippen MR) is 82.4 cm³/mol. The van der Waals surface area contributed by atoms with Gasteiger partial charge in [-0.1, -0.05) is 6.07 Å². The molecule has 0 bridgehead atoms. The molecule has 0 aromatic heterocycles. The minimum absolute atomic E-state index is 0.287. The summed E-state index contributed by atoms with van der Waals surface area (Å²) in [5.41, 5.74) is 2.20. The van der Waals surface area contributed by atoms with Gasteiger partial charge in [-0.3, -0.25) is 9.69 Å². The number of nitrogens with zero attached hydrogens (tertiary/aromatic N) is 2. The van der Waals surface area contributed by atoms with Crippen LogP contribution in [0, 0.1) is 0 Å². The maximum Gasteiger partial charge on any atom is 0.328 e. The fourth-order valence-electron chi connectivity index (χ4n) is 2.00. The average Bonchev–Trinajstić information content (AvgIpc) is 2.63. The predicted octanol–water partition coefficient (Wildman–Crippen LogP) is 2.43. The minimum atomic E-state index is -0.368. The van der Waals surface area contributed by atoms with Crippen LogP contribution in [0.1, 0.15) is 12.5 Å². The van der Waals surface area contributed by atoms with Crippen molar-refractivity contribution >= 4 is 39.6 Å². The molecule has 0 unspecified atom stereocenters. The molecule has 1 aliphatic heterocycles. The van der Waals surface area contributed by atoms with Gasteiger partial charge in [0.15, 0.2) is 0 Å². The first-order valence-corrected chi connectivity index (χ1v) is 7.04. The number of hydrogen-bond donors (Lipinski definition) is 1. The number of hydrogen-bond acceptors (Lipinski definition) is 3. The van der Waals surface area contributed by atoms with Crippen LogP contribution in [-0.2, 0) is 4.79 Å². The lowest BCUT2D eigenvalue weighted by atomic mass is 10.1. The summed E-state index contributed by atoms with van der Waals surface area (Å²) in [5, 5.41) is 2.58. The van der Waals surface area contributed by atoms with E-state index in [9.17, 15) is 9.59 Å². The highest BCUT2D eigenvalue weighted by Gasteiger charge is 2.31. The Morgan fingerprint density at radius 1 is 1.35 bits per heavy atom. The third-order valence-electron chi connectivity index (χ3n) is 3.04. The number of rotatable bonds is 3. The van der Waals surface area contributed by atoms with E-state index in [1.54, 1.807) is 13.0 Å². The number of halogens is 1. The van der Waals surface area contributed by atoms with Crippen LogP contribution in [0.2, 0.25) is 0 Å². The number of carbonyl (C=O) groups excluding carboxylic acids is 2. The fourth-order valence-corrected chi connectivity index (χ4v) is 2.75. The van der Waals surface area contributed by atoms with Crippen LogP contribution in [-0.4, -0.2) is 37.5 Å². The number of carbonyl (C=O) groups is 2. The molecule has 0 radical (unpaired) electrons. The van der Waals surface area contributed by atoms with Crippen LogP contribution in [0.5, 0.6) is 0 Å². The molecule has 0 aliphatic carbocycles. The van der Waals surface area contributed by atoms with Crippen molar-refractivity contribution in [3.8, 4) is 0 Å². The van der Waals surface area contributed by atoms with E-state index >= 15 is 0 Å². The maximum atomic E-state index is 12.0. The Morgan fingerprint density at radius 2 is 2.05 bits per heavy atom. The summed E-state index contributed by atoms with van der Waals surface area (Å²) in [6.07, 6.45) is 1.68. The molecule has 0 spiro atoms. The highest BCUT2D eigenvalue weighted by Crippen LogP contribution is 2.27. The summed E-state index contributed by atoms with van der Waals surface area (Å²) in [4.78, 5) is 26.7. The largest absolute Gasteiger partial charge is 0.377 e. The molecular formula is C14H16BrN3O2. The van der Waals surface area contributed by atoms with Gasteiger partial charge in [0.1, 0.15) is 5.70 Å². The van der Waals surface area contributed by atoms with Crippen LogP contribution in [0.25, 0.3) is 6.08 Å². The van der Waals surface area contributed by atoms with Gasteiger partial charge in [0.05, 0.1) is 5.69 Å². The first-order valence-electron chi connectivity index (χ1n) is 6.25. The van der Waals surface area contributed by atoms with Crippen molar-refractivity contribution in [2.24, 2.45) is 0 Å². The number of nitrogens with one attached hydrogen (secondary N) is 1. The van der Waals surface area contributed by atoms with E-state index in [2.05, 4.69) is 21.2 Å². The smallest absolute Gasteiger partial charge is 0.328 e. The number of anilines is 1. The number of amides is 3. The Morgan fingerprint density at radius 3 is 2.55 bits per heavy atom. The van der Waals surface area contributed by atoms with Crippen LogP contribution < -0.4 is 10.2 Å². The Hall–Kier alpha value is -1.82. The van der Waals surface area contributed by atoms with E-state index in [0.717, 1.165) is 15.7 Å². The summed E-state index contributed by atoms with van der Waals surface area (Å²) in [6, 6.07) is 5.40. The van der Waals surface area contributed by atoms with Gasteiger partial charge in [0.2, 0.25) is 0 Å². The Kier molecular flexibility index (Phi) is 4.13. The zero-order valence-corrected chi connectivity index (χ0v) is 13.2. The van der Waals surface area contributed by atoms with E-state index in [0.29, 0.717) is 12.2 Å². The van der Waals surface area contributed by atoms with Gasteiger partial charge < -0.3 is 10.2 Å². The van der Waals surface area contributed by atoms with Crippen molar-refractivity contribution in [1.29, 1.82) is 0 Å². The lowest BCUT2D eigenvalue weighted by Crippen LogP contribution is -2.30. The van der Waals surface area contributed by atoms with Crippen LogP contribution >= 0.6 is 15.9 Å². The standard InChI is InChI=1S/C14H16BrN3O2/c1-4-18-13(19)11(16-14(18)20)8-9-5-6-12(17(2)3)10(15)7-9/h5-8H,4H2,1-3H3,(H,16,20)/b11-8-. The molecule has 1 aromatic carbocycles. The Bertz CT molecular complexity index is 596. The van der Waals surface area contributed by atoms with Gasteiger partial charge >= 0.3 is 6.03 Å². The van der Waals surface area contributed by atoms with E-state index in [-0.39, 0.29) is 11.9 Å². The Labute approximate surface area is 126 Å². The quantitative estimate of drug-likeness (QED) is 0.680. The first-order chi connectivity index (χ1) is 9.43. The molecule has 3 amide bonds. The van der Waals surface area contributed by atoms with Crippen molar-refractivity contribution in [3.63, 3.8) is 0 Å². The second-order valence-corrected chi connectivity index (χ2v) is 5.50. The molecule has 1 saturated heterocycles. The fraction of sp³-hybridized carbons (Fsp3) is 0.286. The van der Waals surface area contributed by atoms with Crippen LogP contribution in [0.3, 0.4) is 0 Å². The topological polar surface area (TPSA) is 52.7 Å². The molecule has 1 N–H and O–H groups in total. The average molecular weight is 338 g/mol. The van der Waals surface area contributed by atoms with Gasteiger partial charge in [-0.25, -0.2) is 4.79 Å². The molecule has 2 rings (SSSR count). The molecule has 5 nitrogen and oxygen atoms in total. The van der Waals surface area contributed by atoms with E-state index < -0.39 is 0 Å². The number of urea groups is 1. The molecular weight excluding hydrogens is 322 g/mol. The lowest BCUT2D eigenvalue weighted by molar-refractivity contribution is -0.122. The number of imide groups is 1. The summed E-state index contributed by atoms with van der Waals surface area (Å²) < 4.78 is 0.931. The third kappa shape index (κ3) is 2.70. The van der Waals surface area contributed by atoms with Crippen molar-refractivity contribution in [2.45, 2.75) is 6.92 Å². The number of benzene rings is 1. The number of likely N-dealkylation sites (N-methyl/N-ethyl adjacent to an activating group) is 1. The summed E-state index contributed by atoms with van der Waals surface area (Å²) in [5.74, 6) is -0.287. The van der Waals surface area contributed by atoms with Crippen molar-refractivity contribution < 1.29 is 9.59 Å². The third-order valence-corrected chi connectivity index (χ3v) is 3.68. The van der Waals surface area contributed by atoms with Gasteiger partial charge in [-0.05, 0) is 46.6 Å². The molecule has 1 heterocycles. The first kappa shape index (κ1) is 14.6. The van der Waals surface area contributed by atoms with Gasteiger partial charge in [-0.15, -0.1) is 0 Å². The van der Waals surface area contributed by atoms with E-state index in [1.165, 1.54) is 4.90 Å². The minimum Gasteiger partial charge on any atom is -0.377 e. The summed E-state index contributed by atoms with van der Waals surface area (Å²) >= 11 is 3.50. The molecule has 20 heavy (non-hydrogen) atoms. The molecule has 1 fully saturated rings. The van der Waals surface area contributed by atoms with E-state index in [4.69, 9.17) is 0 Å². The highest BCUT2D eigenvalue weighted by atomic mass is 79.9. The SMILES string of the molecule is CCN1C(=O)N/C(=C\c2ccc(N(C)C)c(Br)c2)C1=O. The maximum absolute atomic E-state index is 12.0. The Balaban J connectivity index is 2.30. The second-order valence-electron chi connectivity index (χ2n) is 4.64. The monoisotopic (exact) mass is 337 g/mol. The molecule has 0 atom stereocenters. The highest BCUT2D eigenvalue weighted by molar-refractivity contribution is 9.10. The summed E-state index contributed by atoms with van der Waals surface area (Å²) in [7, 11) is 3.91. The van der Waals surface area contributed by atoms with Gasteiger partial charge in [0, 0.05) is 25.1 Å². The second kappa shape index (κ2) is 5.66. The zero-order valence-electron chi connectivity index (χ0n) is 11.6. The molecule has 106 valence electrons. The van der Waals surface area contributed by atoms with Crippen LogP contribution in [0.4, 0.5) is 10.5 Å². The van der Waals surface area contributed by atoms with Crippen LogP contribution in [0.15, 0.2) is 28.4 Å². The molecule has 6 heteroatoms. The van der Waals surface area contributed by atoms with Gasteiger partial charge in [0.25, 0.3) is 5.91 Å². The van der Waals surface area contributed by atoms with E-state index in [1.807, 2.05) is 37.2 Å². The van der Waals surface area contributed by atoms with Crippen molar-refractivity contribution in [1.82, 2.24) is 10.2 Å². The molecule has 1 aromatic rings. The summed E-state index contributed by atoms with van der Waals surface area (Å²) in [6.45, 7) is 2.13. The zero-order chi connectivity index (χ0) is 14.9. The molecule has 0 saturated carbocycles. The van der Waals surface area contributed by atoms with Crippen molar-refractivity contribution in [3.05, 3.63) is 33.9 Å². The molecule has 1 aliphatic rings.